The van der Waals surface area contributed by atoms with Crippen LogP contribution >= 0.6 is 11.8 Å². The Morgan fingerprint density at radius 1 is 1.12 bits per heavy atom. The van der Waals surface area contributed by atoms with Crippen molar-refractivity contribution in [1.29, 1.82) is 0 Å². The average molecular weight is 240 g/mol. The smallest absolute Gasteiger partial charge is 0.188 e. The van der Waals surface area contributed by atoms with Crippen LogP contribution in [0.5, 0.6) is 0 Å². The number of nitrogens with one attached hydrogen (secondary N) is 1. The standard InChI is InChI=1S/C12H21N3S/c1-5-15(6-2)7-8-16-12-13-10(3)9-11(4)14-12/h9H,5-8H2,1-4H3/p+1. The Morgan fingerprint density at radius 2 is 1.69 bits per heavy atom. The van der Waals surface area contributed by atoms with Gasteiger partial charge in [0.1, 0.15) is 0 Å². The second-order valence-corrected chi connectivity index (χ2v) is 5.05. The third-order valence-electron chi connectivity index (χ3n) is 2.65. The summed E-state index contributed by atoms with van der Waals surface area (Å²) in [7, 11) is 0. The molecule has 0 aliphatic carbocycles. The van der Waals surface area contributed by atoms with Crippen LogP contribution in [-0.4, -0.2) is 35.4 Å². The Morgan fingerprint density at radius 3 is 2.19 bits per heavy atom. The molecule has 90 valence electrons. The molecule has 0 aromatic carbocycles. The monoisotopic (exact) mass is 240 g/mol. The van der Waals surface area contributed by atoms with Gasteiger partial charge in [-0.1, -0.05) is 11.8 Å². The van der Waals surface area contributed by atoms with Gasteiger partial charge in [0, 0.05) is 11.4 Å². The van der Waals surface area contributed by atoms with E-state index in [1.165, 1.54) is 19.6 Å². The number of hydrogen-bond donors (Lipinski definition) is 1. The third kappa shape index (κ3) is 4.49. The lowest BCUT2D eigenvalue weighted by molar-refractivity contribution is -0.893. The number of hydrogen-bond acceptors (Lipinski definition) is 3. The molecule has 0 aliphatic rings. The van der Waals surface area contributed by atoms with Crippen LogP contribution in [0.1, 0.15) is 25.2 Å². The van der Waals surface area contributed by atoms with E-state index in [2.05, 4.69) is 23.8 Å². The Bertz CT molecular complexity index is 304. The lowest BCUT2D eigenvalue weighted by Gasteiger charge is -2.14. The van der Waals surface area contributed by atoms with Crippen LogP contribution in [0.4, 0.5) is 0 Å². The number of thioether (sulfide) groups is 1. The molecule has 0 radical (unpaired) electrons. The van der Waals surface area contributed by atoms with Crippen LogP contribution in [-0.2, 0) is 0 Å². The topological polar surface area (TPSA) is 30.2 Å². The molecule has 0 saturated carbocycles. The highest BCUT2D eigenvalue weighted by Gasteiger charge is 2.05. The van der Waals surface area contributed by atoms with Gasteiger partial charge in [-0.25, -0.2) is 9.97 Å². The molecule has 4 heteroatoms. The van der Waals surface area contributed by atoms with Gasteiger partial charge in [-0.05, 0) is 33.8 Å². The molecular formula is C12H22N3S+. The van der Waals surface area contributed by atoms with Gasteiger partial charge in [-0.3, -0.25) is 0 Å². The fraction of sp³-hybridized carbons (Fsp3) is 0.667. The summed E-state index contributed by atoms with van der Waals surface area (Å²) in [4.78, 5) is 10.5. The van der Waals surface area contributed by atoms with Crippen molar-refractivity contribution in [2.45, 2.75) is 32.9 Å². The Balaban J connectivity index is 2.42. The highest BCUT2D eigenvalue weighted by molar-refractivity contribution is 7.99. The van der Waals surface area contributed by atoms with E-state index >= 15 is 0 Å². The first-order valence-electron chi connectivity index (χ1n) is 5.94. The van der Waals surface area contributed by atoms with Crippen molar-refractivity contribution in [3.63, 3.8) is 0 Å². The zero-order chi connectivity index (χ0) is 12.0. The molecule has 0 atom stereocenters. The van der Waals surface area contributed by atoms with E-state index < -0.39 is 0 Å². The first-order chi connectivity index (χ1) is 7.65. The predicted octanol–water partition coefficient (Wildman–Crippen LogP) is 1.11. The normalized spacial score (nSPS) is 11.1. The van der Waals surface area contributed by atoms with E-state index in [1.54, 1.807) is 16.7 Å². The summed E-state index contributed by atoms with van der Waals surface area (Å²) in [6.07, 6.45) is 0. The Kier molecular flexibility index (Phi) is 5.77. The summed E-state index contributed by atoms with van der Waals surface area (Å²) < 4.78 is 0. The molecule has 0 aliphatic heterocycles. The molecule has 0 amide bonds. The van der Waals surface area contributed by atoms with E-state index in [4.69, 9.17) is 0 Å². The lowest BCUT2D eigenvalue weighted by atomic mass is 10.4. The number of aromatic nitrogens is 2. The molecule has 0 unspecified atom stereocenters. The predicted molar refractivity (Wildman–Crippen MR) is 69.1 cm³/mol. The van der Waals surface area contributed by atoms with Crippen LogP contribution in [0.25, 0.3) is 0 Å². The zero-order valence-electron chi connectivity index (χ0n) is 10.7. The molecule has 0 fully saturated rings. The second-order valence-electron chi connectivity index (χ2n) is 3.99. The van der Waals surface area contributed by atoms with Gasteiger partial charge >= 0.3 is 0 Å². The second kappa shape index (κ2) is 6.86. The molecule has 0 saturated heterocycles. The molecule has 1 aromatic rings. The van der Waals surface area contributed by atoms with Crippen molar-refractivity contribution >= 4 is 11.8 Å². The van der Waals surface area contributed by atoms with Crippen molar-refractivity contribution in [1.82, 2.24) is 9.97 Å². The molecule has 3 nitrogen and oxygen atoms in total. The van der Waals surface area contributed by atoms with Gasteiger partial charge in [-0.15, -0.1) is 0 Å². The van der Waals surface area contributed by atoms with E-state index in [1.807, 2.05) is 19.9 Å². The summed E-state index contributed by atoms with van der Waals surface area (Å²) in [6, 6.07) is 2.01. The minimum absolute atomic E-state index is 0.920. The van der Waals surface area contributed by atoms with Gasteiger partial charge in [0.2, 0.25) is 0 Å². The highest BCUT2D eigenvalue weighted by atomic mass is 32.2. The van der Waals surface area contributed by atoms with E-state index in [0.29, 0.717) is 0 Å². The summed E-state index contributed by atoms with van der Waals surface area (Å²) in [5, 5.41) is 0.920. The van der Waals surface area contributed by atoms with Gasteiger partial charge in [0.15, 0.2) is 5.16 Å². The van der Waals surface area contributed by atoms with Crippen molar-refractivity contribution in [2.24, 2.45) is 0 Å². The molecule has 0 bridgehead atoms. The maximum absolute atomic E-state index is 4.43. The van der Waals surface area contributed by atoms with E-state index in [-0.39, 0.29) is 0 Å². The molecular weight excluding hydrogens is 218 g/mol. The maximum atomic E-state index is 4.43. The van der Waals surface area contributed by atoms with E-state index in [9.17, 15) is 0 Å². The molecule has 1 rings (SSSR count). The molecule has 1 heterocycles. The van der Waals surface area contributed by atoms with Crippen molar-refractivity contribution in [2.75, 3.05) is 25.4 Å². The minimum Gasteiger partial charge on any atom is -0.335 e. The van der Waals surface area contributed by atoms with E-state index in [0.717, 1.165) is 22.3 Å². The fourth-order valence-corrected chi connectivity index (χ4v) is 2.64. The highest BCUT2D eigenvalue weighted by Crippen LogP contribution is 2.12. The van der Waals surface area contributed by atoms with Gasteiger partial charge in [0.05, 0.1) is 25.4 Å². The summed E-state index contributed by atoms with van der Waals surface area (Å²) in [6.45, 7) is 12.1. The molecule has 1 aromatic heterocycles. The number of nitrogens with zero attached hydrogens (tertiary/aromatic N) is 2. The Hall–Kier alpha value is -0.610. The molecule has 16 heavy (non-hydrogen) atoms. The largest absolute Gasteiger partial charge is 0.335 e. The van der Waals surface area contributed by atoms with Crippen LogP contribution < -0.4 is 4.90 Å². The van der Waals surface area contributed by atoms with Crippen molar-refractivity contribution < 1.29 is 4.90 Å². The third-order valence-corrected chi connectivity index (χ3v) is 3.50. The fourth-order valence-electron chi connectivity index (χ4n) is 1.65. The molecule has 0 spiro atoms. The number of rotatable bonds is 6. The first kappa shape index (κ1) is 13.5. The van der Waals surface area contributed by atoms with Crippen molar-refractivity contribution in [3.05, 3.63) is 17.5 Å². The summed E-state index contributed by atoms with van der Waals surface area (Å²) in [5.41, 5.74) is 2.12. The average Bonchev–Trinajstić information content (AvgIpc) is 2.23. The Labute approximate surface area is 103 Å². The quantitative estimate of drug-likeness (QED) is 0.597. The summed E-state index contributed by atoms with van der Waals surface area (Å²) >= 11 is 1.76. The van der Waals surface area contributed by atoms with Crippen LogP contribution in [0.15, 0.2) is 11.2 Å². The maximum Gasteiger partial charge on any atom is 0.188 e. The van der Waals surface area contributed by atoms with Crippen LogP contribution in [0.3, 0.4) is 0 Å². The zero-order valence-corrected chi connectivity index (χ0v) is 11.5. The summed E-state index contributed by atoms with van der Waals surface area (Å²) in [5.74, 6) is 1.10. The van der Waals surface area contributed by atoms with Gasteiger partial charge in [0.25, 0.3) is 0 Å². The SMILES string of the molecule is CC[NH+](CC)CCSc1nc(C)cc(C)n1. The first-order valence-corrected chi connectivity index (χ1v) is 6.93. The van der Waals surface area contributed by atoms with Crippen LogP contribution in [0, 0.1) is 13.8 Å². The van der Waals surface area contributed by atoms with Crippen molar-refractivity contribution in [3.8, 4) is 0 Å². The number of aryl methyl sites for hydroxylation is 2. The molecule has 1 N–H and O–H groups in total. The van der Waals surface area contributed by atoms with Gasteiger partial charge in [-0.2, -0.15) is 0 Å². The number of quaternary nitrogens is 1. The van der Waals surface area contributed by atoms with Crippen LogP contribution in [0.2, 0.25) is 0 Å². The van der Waals surface area contributed by atoms with Gasteiger partial charge < -0.3 is 4.90 Å². The lowest BCUT2D eigenvalue weighted by Crippen LogP contribution is -3.11. The minimum atomic E-state index is 0.920.